The van der Waals surface area contributed by atoms with E-state index in [1.54, 1.807) is 12.3 Å². The lowest BCUT2D eigenvalue weighted by Gasteiger charge is -2.17. The lowest BCUT2D eigenvalue weighted by atomic mass is 10.3. The van der Waals surface area contributed by atoms with Crippen LogP contribution in [0.5, 0.6) is 0 Å². The quantitative estimate of drug-likeness (QED) is 0.745. The van der Waals surface area contributed by atoms with Gasteiger partial charge in [-0.2, -0.15) is 5.10 Å². The average molecular weight is 243 g/mol. The van der Waals surface area contributed by atoms with Crippen molar-refractivity contribution in [3.8, 4) is 0 Å². The third-order valence-electron chi connectivity index (χ3n) is 2.50. The molecule has 0 atom stereocenters. The highest BCUT2D eigenvalue weighted by Crippen LogP contribution is 2.09. The molecule has 90 valence electrons. The lowest BCUT2D eigenvalue weighted by molar-refractivity contribution is 0.303. The summed E-state index contributed by atoms with van der Waals surface area (Å²) in [5.74, 6) is 0. The molecule has 0 aliphatic rings. The predicted octanol–water partition coefficient (Wildman–Crippen LogP) is 2.27. The van der Waals surface area contributed by atoms with Crippen LogP contribution in [0.4, 0.5) is 5.69 Å². The highest BCUT2D eigenvalue weighted by molar-refractivity contribution is 6.29. The van der Waals surface area contributed by atoms with E-state index >= 15 is 0 Å². The average Bonchev–Trinajstić information content (AvgIpc) is 2.29. The van der Waals surface area contributed by atoms with Crippen molar-refractivity contribution in [2.75, 3.05) is 31.5 Å². The molecule has 0 spiro atoms. The van der Waals surface area contributed by atoms with Crippen molar-refractivity contribution in [1.82, 2.24) is 15.1 Å². The second-order valence-electron chi connectivity index (χ2n) is 3.57. The standard InChI is InChI=1S/C11H19ClN4/c1-3-16(4-2)7-5-6-13-10-8-11(12)15-14-9-10/h8-9H,3-7H2,1-2H3,(H,13,15). The molecule has 16 heavy (non-hydrogen) atoms. The maximum Gasteiger partial charge on any atom is 0.153 e. The van der Waals surface area contributed by atoms with E-state index in [-0.39, 0.29) is 0 Å². The Hall–Kier alpha value is -0.870. The number of nitrogens with one attached hydrogen (secondary N) is 1. The van der Waals surface area contributed by atoms with E-state index in [0.717, 1.165) is 38.3 Å². The molecule has 0 aliphatic heterocycles. The fraction of sp³-hybridized carbons (Fsp3) is 0.636. The van der Waals surface area contributed by atoms with Crippen LogP contribution in [0.2, 0.25) is 5.15 Å². The topological polar surface area (TPSA) is 41.0 Å². The molecular formula is C11H19ClN4. The number of aromatic nitrogens is 2. The zero-order valence-electron chi connectivity index (χ0n) is 9.91. The van der Waals surface area contributed by atoms with Gasteiger partial charge in [-0.05, 0) is 26.1 Å². The molecule has 1 aromatic heterocycles. The highest BCUT2D eigenvalue weighted by atomic mass is 35.5. The van der Waals surface area contributed by atoms with Gasteiger partial charge < -0.3 is 10.2 Å². The monoisotopic (exact) mass is 242 g/mol. The molecule has 0 aliphatic carbocycles. The normalized spacial score (nSPS) is 10.8. The summed E-state index contributed by atoms with van der Waals surface area (Å²) >= 11 is 5.73. The molecule has 1 aromatic rings. The van der Waals surface area contributed by atoms with Gasteiger partial charge in [0, 0.05) is 12.6 Å². The van der Waals surface area contributed by atoms with Crippen LogP contribution < -0.4 is 5.32 Å². The van der Waals surface area contributed by atoms with Crippen LogP contribution in [0.1, 0.15) is 20.3 Å². The van der Waals surface area contributed by atoms with Crippen molar-refractivity contribution < 1.29 is 0 Å². The molecule has 1 rings (SSSR count). The van der Waals surface area contributed by atoms with E-state index in [1.165, 1.54) is 0 Å². The Morgan fingerprint density at radius 3 is 2.75 bits per heavy atom. The number of halogens is 1. The molecule has 0 saturated heterocycles. The first kappa shape index (κ1) is 13.2. The van der Waals surface area contributed by atoms with Crippen LogP contribution in [0, 0.1) is 0 Å². The fourth-order valence-electron chi connectivity index (χ4n) is 1.51. The third kappa shape index (κ3) is 4.77. The Morgan fingerprint density at radius 1 is 1.38 bits per heavy atom. The van der Waals surface area contributed by atoms with E-state index in [4.69, 9.17) is 11.6 Å². The largest absolute Gasteiger partial charge is 0.384 e. The minimum absolute atomic E-state index is 0.425. The van der Waals surface area contributed by atoms with E-state index in [2.05, 4.69) is 34.3 Å². The van der Waals surface area contributed by atoms with Gasteiger partial charge in [-0.3, -0.25) is 0 Å². The number of nitrogens with zero attached hydrogens (tertiary/aromatic N) is 3. The van der Waals surface area contributed by atoms with Crippen LogP contribution in [-0.2, 0) is 0 Å². The molecular weight excluding hydrogens is 224 g/mol. The highest BCUT2D eigenvalue weighted by Gasteiger charge is 1.99. The molecule has 0 aromatic carbocycles. The van der Waals surface area contributed by atoms with Gasteiger partial charge in [0.1, 0.15) is 0 Å². The lowest BCUT2D eigenvalue weighted by Crippen LogP contribution is -2.25. The van der Waals surface area contributed by atoms with Gasteiger partial charge >= 0.3 is 0 Å². The van der Waals surface area contributed by atoms with E-state index in [1.807, 2.05) is 0 Å². The first-order chi connectivity index (χ1) is 7.76. The Kier molecular flexibility index (Phi) is 6.11. The number of anilines is 1. The SMILES string of the molecule is CCN(CC)CCCNc1cnnc(Cl)c1. The molecule has 1 N–H and O–H groups in total. The summed E-state index contributed by atoms with van der Waals surface area (Å²) < 4.78 is 0. The summed E-state index contributed by atoms with van der Waals surface area (Å²) in [4.78, 5) is 2.40. The van der Waals surface area contributed by atoms with Crippen LogP contribution >= 0.6 is 11.6 Å². The van der Waals surface area contributed by atoms with Crippen LogP contribution in [0.25, 0.3) is 0 Å². The van der Waals surface area contributed by atoms with Crippen molar-refractivity contribution in [3.05, 3.63) is 17.4 Å². The second kappa shape index (κ2) is 7.41. The molecule has 1 heterocycles. The Labute approximate surface area is 102 Å². The maximum atomic E-state index is 5.73. The van der Waals surface area contributed by atoms with Crippen molar-refractivity contribution in [3.63, 3.8) is 0 Å². The molecule has 0 bridgehead atoms. The van der Waals surface area contributed by atoms with Gasteiger partial charge in [0.05, 0.1) is 11.9 Å². The van der Waals surface area contributed by atoms with Crippen molar-refractivity contribution in [2.24, 2.45) is 0 Å². The number of hydrogen-bond donors (Lipinski definition) is 1. The fourth-order valence-corrected chi connectivity index (χ4v) is 1.67. The predicted molar refractivity (Wildman–Crippen MR) is 67.9 cm³/mol. The summed E-state index contributed by atoms with van der Waals surface area (Å²) in [5, 5.41) is 11.2. The van der Waals surface area contributed by atoms with Gasteiger partial charge in [-0.1, -0.05) is 25.4 Å². The summed E-state index contributed by atoms with van der Waals surface area (Å²) in [6.45, 7) is 8.63. The Bertz CT molecular complexity index is 302. The van der Waals surface area contributed by atoms with Crippen LogP contribution in [0.15, 0.2) is 12.3 Å². The zero-order chi connectivity index (χ0) is 11.8. The molecule has 4 nitrogen and oxygen atoms in total. The number of rotatable bonds is 7. The third-order valence-corrected chi connectivity index (χ3v) is 2.68. The molecule has 0 saturated carbocycles. The second-order valence-corrected chi connectivity index (χ2v) is 3.96. The van der Waals surface area contributed by atoms with Crippen LogP contribution in [0.3, 0.4) is 0 Å². The minimum Gasteiger partial charge on any atom is -0.384 e. The first-order valence-corrected chi connectivity index (χ1v) is 6.08. The van der Waals surface area contributed by atoms with Crippen LogP contribution in [-0.4, -0.2) is 41.3 Å². The molecule has 0 amide bonds. The maximum absolute atomic E-state index is 5.73. The van der Waals surface area contributed by atoms with E-state index in [9.17, 15) is 0 Å². The van der Waals surface area contributed by atoms with Gasteiger partial charge in [-0.25, -0.2) is 0 Å². The molecule has 0 fully saturated rings. The first-order valence-electron chi connectivity index (χ1n) is 5.70. The summed E-state index contributed by atoms with van der Waals surface area (Å²) in [5.41, 5.74) is 0.930. The summed E-state index contributed by atoms with van der Waals surface area (Å²) in [6, 6.07) is 1.78. The van der Waals surface area contributed by atoms with E-state index < -0.39 is 0 Å². The summed E-state index contributed by atoms with van der Waals surface area (Å²) in [7, 11) is 0. The molecule has 5 heteroatoms. The minimum atomic E-state index is 0.425. The van der Waals surface area contributed by atoms with E-state index in [0.29, 0.717) is 5.15 Å². The zero-order valence-corrected chi connectivity index (χ0v) is 10.7. The van der Waals surface area contributed by atoms with Crippen molar-refractivity contribution in [1.29, 1.82) is 0 Å². The Morgan fingerprint density at radius 2 is 2.12 bits per heavy atom. The summed E-state index contributed by atoms with van der Waals surface area (Å²) in [6.07, 6.45) is 2.80. The Balaban J connectivity index is 2.20. The smallest absolute Gasteiger partial charge is 0.153 e. The van der Waals surface area contributed by atoms with Gasteiger partial charge in [0.15, 0.2) is 5.15 Å². The van der Waals surface area contributed by atoms with Gasteiger partial charge in [-0.15, -0.1) is 5.10 Å². The van der Waals surface area contributed by atoms with Crippen molar-refractivity contribution >= 4 is 17.3 Å². The number of hydrogen-bond acceptors (Lipinski definition) is 4. The van der Waals surface area contributed by atoms with Gasteiger partial charge in [0.25, 0.3) is 0 Å². The molecule has 0 unspecified atom stereocenters. The molecule has 0 radical (unpaired) electrons. The van der Waals surface area contributed by atoms with Crippen molar-refractivity contribution in [2.45, 2.75) is 20.3 Å². The van der Waals surface area contributed by atoms with Gasteiger partial charge in [0.2, 0.25) is 0 Å².